The lowest BCUT2D eigenvalue weighted by molar-refractivity contribution is -0.122. The number of carbonyl (C=O) groups excluding carboxylic acids is 1. The Bertz CT molecular complexity index is 320. The lowest BCUT2D eigenvalue weighted by atomic mass is 10.1. The van der Waals surface area contributed by atoms with Crippen molar-refractivity contribution in [2.75, 3.05) is 6.61 Å². The first-order valence-corrected chi connectivity index (χ1v) is 6.20. The summed E-state index contributed by atoms with van der Waals surface area (Å²) in [5.41, 5.74) is 1.26. The molecule has 3 heteroatoms. The van der Waals surface area contributed by atoms with Gasteiger partial charge in [0.05, 0.1) is 12.6 Å². The van der Waals surface area contributed by atoms with E-state index in [-0.39, 0.29) is 18.6 Å². The molecule has 0 saturated heterocycles. The van der Waals surface area contributed by atoms with Gasteiger partial charge in [0.15, 0.2) is 0 Å². The summed E-state index contributed by atoms with van der Waals surface area (Å²) < 4.78 is 0. The number of carbonyl (C=O) groups is 1. The Morgan fingerprint density at radius 3 is 2.65 bits per heavy atom. The van der Waals surface area contributed by atoms with Gasteiger partial charge in [-0.3, -0.25) is 4.79 Å². The lowest BCUT2D eigenvalue weighted by Gasteiger charge is -2.13. The van der Waals surface area contributed by atoms with E-state index in [0.29, 0.717) is 6.42 Å². The zero-order valence-corrected chi connectivity index (χ0v) is 10.4. The third-order valence-electron chi connectivity index (χ3n) is 2.79. The Kier molecular flexibility index (Phi) is 6.33. The highest BCUT2D eigenvalue weighted by Gasteiger charge is 2.08. The Morgan fingerprint density at radius 2 is 2.06 bits per heavy atom. The van der Waals surface area contributed by atoms with E-state index < -0.39 is 0 Å². The van der Waals surface area contributed by atoms with Gasteiger partial charge in [-0.15, -0.1) is 0 Å². The molecule has 0 aromatic heterocycles. The van der Waals surface area contributed by atoms with Crippen LogP contribution in [0.3, 0.4) is 0 Å². The molecule has 0 radical (unpaired) electrons. The van der Waals surface area contributed by atoms with Crippen molar-refractivity contribution in [1.82, 2.24) is 5.32 Å². The average Bonchev–Trinajstić information content (AvgIpc) is 2.37. The molecule has 3 nitrogen and oxygen atoms in total. The Morgan fingerprint density at radius 1 is 1.35 bits per heavy atom. The maximum absolute atomic E-state index is 11.5. The van der Waals surface area contributed by atoms with Gasteiger partial charge in [-0.25, -0.2) is 0 Å². The number of hydrogen-bond donors (Lipinski definition) is 2. The van der Waals surface area contributed by atoms with Gasteiger partial charge < -0.3 is 10.4 Å². The number of aryl methyl sites for hydroxylation is 1. The minimum absolute atomic E-state index is 0.0148. The molecule has 0 heterocycles. The van der Waals surface area contributed by atoms with Crippen molar-refractivity contribution in [2.24, 2.45) is 0 Å². The predicted molar refractivity (Wildman–Crippen MR) is 68.7 cm³/mol. The number of benzene rings is 1. The minimum atomic E-state index is -0.0979. The number of nitrogens with one attached hydrogen (secondary N) is 1. The summed E-state index contributed by atoms with van der Waals surface area (Å²) in [7, 11) is 0. The molecule has 17 heavy (non-hydrogen) atoms. The van der Waals surface area contributed by atoms with Crippen LogP contribution in [0.1, 0.15) is 31.7 Å². The Labute approximate surface area is 103 Å². The molecule has 1 atom stereocenters. The number of amides is 1. The van der Waals surface area contributed by atoms with Crippen molar-refractivity contribution in [3.63, 3.8) is 0 Å². The molecule has 0 aliphatic carbocycles. The quantitative estimate of drug-likeness (QED) is 0.758. The van der Waals surface area contributed by atoms with Gasteiger partial charge in [0.1, 0.15) is 0 Å². The average molecular weight is 235 g/mol. The molecule has 1 aromatic rings. The van der Waals surface area contributed by atoms with Crippen molar-refractivity contribution >= 4 is 5.91 Å². The summed E-state index contributed by atoms with van der Waals surface area (Å²) >= 11 is 0. The van der Waals surface area contributed by atoms with Gasteiger partial charge in [-0.2, -0.15) is 0 Å². The topological polar surface area (TPSA) is 49.3 Å². The van der Waals surface area contributed by atoms with Crippen molar-refractivity contribution in [3.05, 3.63) is 35.9 Å². The second-order valence-electron chi connectivity index (χ2n) is 4.19. The van der Waals surface area contributed by atoms with Gasteiger partial charge in [0.25, 0.3) is 0 Å². The van der Waals surface area contributed by atoms with Crippen LogP contribution < -0.4 is 5.32 Å². The smallest absolute Gasteiger partial charge is 0.220 e. The van der Waals surface area contributed by atoms with Crippen LogP contribution in [0.4, 0.5) is 0 Å². The van der Waals surface area contributed by atoms with Crippen LogP contribution in [-0.4, -0.2) is 23.7 Å². The fourth-order valence-corrected chi connectivity index (χ4v) is 1.67. The first-order valence-electron chi connectivity index (χ1n) is 6.20. The van der Waals surface area contributed by atoms with E-state index in [4.69, 9.17) is 5.11 Å². The van der Waals surface area contributed by atoms with Crippen LogP contribution in [0.2, 0.25) is 0 Å². The van der Waals surface area contributed by atoms with Crippen LogP contribution in [0.5, 0.6) is 0 Å². The highest BCUT2D eigenvalue weighted by molar-refractivity contribution is 5.76. The van der Waals surface area contributed by atoms with Crippen LogP contribution >= 0.6 is 0 Å². The largest absolute Gasteiger partial charge is 0.394 e. The van der Waals surface area contributed by atoms with Crippen LogP contribution in [0, 0.1) is 0 Å². The van der Waals surface area contributed by atoms with Crippen LogP contribution in [0.25, 0.3) is 0 Å². The number of rotatable bonds is 7. The van der Waals surface area contributed by atoms with E-state index >= 15 is 0 Å². The van der Waals surface area contributed by atoms with Gasteiger partial charge in [0, 0.05) is 6.42 Å². The standard InChI is InChI=1S/C14H21NO2/c1-2-13(11-16)15-14(17)10-6-9-12-7-4-3-5-8-12/h3-5,7-8,13,16H,2,6,9-11H2,1H3,(H,15,17)/t13-/m1/s1. The van der Waals surface area contributed by atoms with Crippen molar-refractivity contribution in [1.29, 1.82) is 0 Å². The molecule has 0 spiro atoms. The molecule has 1 rings (SSSR count). The molecule has 1 amide bonds. The third kappa shape index (κ3) is 5.50. The molecule has 0 saturated carbocycles. The fourth-order valence-electron chi connectivity index (χ4n) is 1.67. The number of hydrogen-bond acceptors (Lipinski definition) is 2. The molecule has 1 aromatic carbocycles. The second kappa shape index (κ2) is 7.85. The lowest BCUT2D eigenvalue weighted by Crippen LogP contribution is -2.36. The third-order valence-corrected chi connectivity index (χ3v) is 2.79. The summed E-state index contributed by atoms with van der Waals surface area (Å²) in [5, 5.41) is 11.8. The summed E-state index contributed by atoms with van der Waals surface area (Å²) in [4.78, 5) is 11.5. The van der Waals surface area contributed by atoms with Crippen molar-refractivity contribution in [2.45, 2.75) is 38.6 Å². The summed E-state index contributed by atoms with van der Waals surface area (Å²) in [6.45, 7) is 1.96. The number of aliphatic hydroxyl groups excluding tert-OH is 1. The molecule has 0 aliphatic heterocycles. The van der Waals surface area contributed by atoms with Crippen LogP contribution in [0.15, 0.2) is 30.3 Å². The molecule has 2 N–H and O–H groups in total. The summed E-state index contributed by atoms with van der Waals surface area (Å²) in [6, 6.07) is 10.0. The van der Waals surface area contributed by atoms with Crippen LogP contribution in [-0.2, 0) is 11.2 Å². The summed E-state index contributed by atoms with van der Waals surface area (Å²) in [6.07, 6.45) is 3.05. The molecular weight excluding hydrogens is 214 g/mol. The second-order valence-corrected chi connectivity index (χ2v) is 4.19. The van der Waals surface area contributed by atoms with E-state index in [0.717, 1.165) is 19.3 Å². The van der Waals surface area contributed by atoms with E-state index in [9.17, 15) is 4.79 Å². The van der Waals surface area contributed by atoms with Gasteiger partial charge in [-0.05, 0) is 24.8 Å². The monoisotopic (exact) mass is 235 g/mol. The van der Waals surface area contributed by atoms with E-state index in [1.165, 1.54) is 5.56 Å². The van der Waals surface area contributed by atoms with Crippen molar-refractivity contribution in [3.8, 4) is 0 Å². The van der Waals surface area contributed by atoms with Gasteiger partial charge in [0.2, 0.25) is 5.91 Å². The molecular formula is C14H21NO2. The Balaban J connectivity index is 2.20. The Hall–Kier alpha value is -1.35. The number of aliphatic hydroxyl groups is 1. The molecule has 0 aliphatic rings. The summed E-state index contributed by atoms with van der Waals surface area (Å²) in [5.74, 6) is 0.0295. The van der Waals surface area contributed by atoms with E-state index in [1.807, 2.05) is 25.1 Å². The van der Waals surface area contributed by atoms with Gasteiger partial charge >= 0.3 is 0 Å². The SMILES string of the molecule is CC[C@H](CO)NC(=O)CCCc1ccccc1. The molecule has 0 fully saturated rings. The minimum Gasteiger partial charge on any atom is -0.394 e. The maximum atomic E-state index is 11.5. The van der Waals surface area contributed by atoms with E-state index in [2.05, 4.69) is 17.4 Å². The predicted octanol–water partition coefficient (Wildman–Crippen LogP) is 1.90. The van der Waals surface area contributed by atoms with Crippen molar-refractivity contribution < 1.29 is 9.90 Å². The normalized spacial score (nSPS) is 12.1. The zero-order chi connectivity index (χ0) is 12.5. The zero-order valence-electron chi connectivity index (χ0n) is 10.4. The van der Waals surface area contributed by atoms with E-state index in [1.54, 1.807) is 0 Å². The first-order chi connectivity index (χ1) is 8.26. The van der Waals surface area contributed by atoms with Gasteiger partial charge in [-0.1, -0.05) is 37.3 Å². The highest BCUT2D eigenvalue weighted by atomic mass is 16.3. The fraction of sp³-hybridized carbons (Fsp3) is 0.500. The molecule has 94 valence electrons. The molecule has 0 unspecified atom stereocenters. The molecule has 0 bridgehead atoms. The maximum Gasteiger partial charge on any atom is 0.220 e. The first kappa shape index (κ1) is 13.7. The highest BCUT2D eigenvalue weighted by Crippen LogP contribution is 2.04.